The van der Waals surface area contributed by atoms with E-state index in [2.05, 4.69) is 17.1 Å². The molecule has 1 fully saturated rings. The van der Waals surface area contributed by atoms with Crippen molar-refractivity contribution in [2.24, 2.45) is 5.92 Å². The number of nitrogens with zero attached hydrogens (tertiary/aromatic N) is 1. The average molecular weight is 200 g/mol. The van der Waals surface area contributed by atoms with E-state index in [-0.39, 0.29) is 12.0 Å². The van der Waals surface area contributed by atoms with Gasteiger partial charge in [0, 0.05) is 13.1 Å². The molecule has 1 aliphatic heterocycles. The first-order valence-corrected chi connectivity index (χ1v) is 5.14. The zero-order chi connectivity index (χ0) is 10.6. The highest BCUT2D eigenvalue weighted by Gasteiger charge is 2.25. The molecule has 0 saturated carbocycles. The van der Waals surface area contributed by atoms with Gasteiger partial charge in [-0.15, -0.1) is 0 Å². The Kier molecular flexibility index (Phi) is 4.35. The van der Waals surface area contributed by atoms with Gasteiger partial charge in [0.15, 0.2) is 0 Å². The molecule has 1 heterocycles. The van der Waals surface area contributed by atoms with E-state index < -0.39 is 0 Å². The summed E-state index contributed by atoms with van der Waals surface area (Å²) in [6, 6.07) is -0.190. The maximum Gasteiger partial charge on any atom is 0.324 e. The van der Waals surface area contributed by atoms with Crippen molar-refractivity contribution in [3.8, 4) is 0 Å². The minimum Gasteiger partial charge on any atom is -0.468 e. The molecule has 2 unspecified atom stereocenters. The van der Waals surface area contributed by atoms with Gasteiger partial charge in [0.05, 0.1) is 7.11 Å². The molecule has 82 valence electrons. The maximum absolute atomic E-state index is 11.3. The highest BCUT2D eigenvalue weighted by atomic mass is 16.5. The Bertz CT molecular complexity index is 197. The van der Waals surface area contributed by atoms with Gasteiger partial charge in [-0.05, 0) is 25.9 Å². The van der Waals surface area contributed by atoms with Crippen LogP contribution in [0.3, 0.4) is 0 Å². The maximum atomic E-state index is 11.3. The fourth-order valence-electron chi connectivity index (χ4n) is 1.88. The Hall–Kier alpha value is -0.610. The topological polar surface area (TPSA) is 41.6 Å². The second-order valence-corrected chi connectivity index (χ2v) is 4.02. The number of carbonyl (C=O) groups is 1. The SMILES string of the molecule is CNC(CN1CCC(C)C1)C(=O)OC. The first-order valence-electron chi connectivity index (χ1n) is 5.14. The average Bonchev–Trinajstić information content (AvgIpc) is 2.59. The number of likely N-dealkylation sites (N-methyl/N-ethyl adjacent to an activating group) is 1. The molecule has 0 radical (unpaired) electrons. The van der Waals surface area contributed by atoms with Crippen molar-refractivity contribution < 1.29 is 9.53 Å². The van der Waals surface area contributed by atoms with E-state index in [9.17, 15) is 4.79 Å². The molecule has 0 aromatic rings. The number of methoxy groups -OCH3 is 1. The highest BCUT2D eigenvalue weighted by Crippen LogP contribution is 2.14. The Labute approximate surface area is 85.6 Å². The van der Waals surface area contributed by atoms with E-state index in [1.54, 1.807) is 7.05 Å². The van der Waals surface area contributed by atoms with Gasteiger partial charge in [-0.1, -0.05) is 6.92 Å². The minimum atomic E-state index is -0.190. The molecular formula is C10H20N2O2. The monoisotopic (exact) mass is 200 g/mol. The third-order valence-corrected chi connectivity index (χ3v) is 2.78. The number of carbonyl (C=O) groups excluding carboxylic acids is 1. The number of hydrogen-bond donors (Lipinski definition) is 1. The van der Waals surface area contributed by atoms with Crippen LogP contribution in [-0.4, -0.2) is 50.7 Å². The molecule has 14 heavy (non-hydrogen) atoms. The lowest BCUT2D eigenvalue weighted by Gasteiger charge is -2.21. The lowest BCUT2D eigenvalue weighted by atomic mass is 10.2. The van der Waals surface area contributed by atoms with E-state index in [1.165, 1.54) is 13.5 Å². The number of rotatable bonds is 4. The summed E-state index contributed by atoms with van der Waals surface area (Å²) in [7, 11) is 3.22. The zero-order valence-electron chi connectivity index (χ0n) is 9.25. The molecule has 0 amide bonds. The number of hydrogen-bond acceptors (Lipinski definition) is 4. The number of likely N-dealkylation sites (tertiary alicyclic amines) is 1. The highest BCUT2D eigenvalue weighted by molar-refractivity contribution is 5.75. The summed E-state index contributed by atoms with van der Waals surface area (Å²) in [5.74, 6) is 0.581. The second kappa shape index (κ2) is 5.32. The molecule has 1 N–H and O–H groups in total. The van der Waals surface area contributed by atoms with Crippen molar-refractivity contribution in [1.82, 2.24) is 10.2 Å². The van der Waals surface area contributed by atoms with E-state index in [0.29, 0.717) is 0 Å². The lowest BCUT2D eigenvalue weighted by molar-refractivity contribution is -0.143. The van der Waals surface area contributed by atoms with Crippen molar-refractivity contribution >= 4 is 5.97 Å². The van der Waals surface area contributed by atoms with Crippen molar-refractivity contribution in [1.29, 1.82) is 0 Å². The smallest absolute Gasteiger partial charge is 0.324 e. The number of nitrogens with one attached hydrogen (secondary N) is 1. The van der Waals surface area contributed by atoms with Gasteiger partial charge >= 0.3 is 5.97 Å². The molecule has 0 bridgehead atoms. The predicted molar refractivity (Wildman–Crippen MR) is 55.1 cm³/mol. The summed E-state index contributed by atoms with van der Waals surface area (Å²) < 4.78 is 4.71. The third kappa shape index (κ3) is 2.96. The molecule has 0 aromatic heterocycles. The summed E-state index contributed by atoms with van der Waals surface area (Å²) >= 11 is 0. The fourth-order valence-corrected chi connectivity index (χ4v) is 1.88. The largest absolute Gasteiger partial charge is 0.468 e. The quantitative estimate of drug-likeness (QED) is 0.653. The van der Waals surface area contributed by atoms with Gasteiger partial charge in [-0.25, -0.2) is 0 Å². The summed E-state index contributed by atoms with van der Waals surface area (Å²) in [4.78, 5) is 13.6. The lowest BCUT2D eigenvalue weighted by Crippen LogP contribution is -2.44. The molecule has 0 aromatic carbocycles. The van der Waals surface area contributed by atoms with E-state index in [4.69, 9.17) is 4.74 Å². The van der Waals surface area contributed by atoms with Crippen LogP contribution in [0.2, 0.25) is 0 Å². The van der Waals surface area contributed by atoms with Crippen LogP contribution in [0.1, 0.15) is 13.3 Å². The first-order chi connectivity index (χ1) is 6.67. The van der Waals surface area contributed by atoms with Crippen LogP contribution in [-0.2, 0) is 9.53 Å². The van der Waals surface area contributed by atoms with Crippen LogP contribution in [0, 0.1) is 5.92 Å². The summed E-state index contributed by atoms with van der Waals surface area (Å²) in [6.07, 6.45) is 1.23. The molecule has 4 nitrogen and oxygen atoms in total. The van der Waals surface area contributed by atoms with Gasteiger partial charge in [0.2, 0.25) is 0 Å². The predicted octanol–water partition coefficient (Wildman–Crippen LogP) is 0.0892. The zero-order valence-corrected chi connectivity index (χ0v) is 9.25. The molecule has 0 aliphatic carbocycles. The van der Waals surface area contributed by atoms with Crippen molar-refractivity contribution in [3.63, 3.8) is 0 Å². The molecule has 1 rings (SSSR count). The summed E-state index contributed by atoms with van der Waals surface area (Å²) in [5.41, 5.74) is 0. The molecule has 0 spiro atoms. The Balaban J connectivity index is 2.36. The van der Waals surface area contributed by atoms with Crippen LogP contribution in [0.15, 0.2) is 0 Å². The van der Waals surface area contributed by atoms with Crippen molar-refractivity contribution in [2.75, 3.05) is 33.8 Å². The van der Waals surface area contributed by atoms with Crippen molar-refractivity contribution in [3.05, 3.63) is 0 Å². The van der Waals surface area contributed by atoms with Crippen LogP contribution in [0.5, 0.6) is 0 Å². The second-order valence-electron chi connectivity index (χ2n) is 4.02. The van der Waals surface area contributed by atoms with E-state index in [0.717, 1.165) is 25.6 Å². The third-order valence-electron chi connectivity index (χ3n) is 2.78. The van der Waals surface area contributed by atoms with Crippen LogP contribution >= 0.6 is 0 Å². The van der Waals surface area contributed by atoms with Gasteiger partial charge < -0.3 is 15.0 Å². The number of esters is 1. The minimum absolute atomic E-state index is 0.174. The van der Waals surface area contributed by atoms with E-state index in [1.807, 2.05) is 0 Å². The van der Waals surface area contributed by atoms with Crippen molar-refractivity contribution in [2.45, 2.75) is 19.4 Å². The molecule has 1 aliphatic rings. The van der Waals surface area contributed by atoms with Gasteiger partial charge in [-0.3, -0.25) is 4.79 Å². The Morgan fingerprint density at radius 2 is 2.43 bits per heavy atom. The molecule has 4 heteroatoms. The van der Waals surface area contributed by atoms with Gasteiger partial charge in [0.1, 0.15) is 6.04 Å². The Morgan fingerprint density at radius 3 is 2.86 bits per heavy atom. The molecule has 2 atom stereocenters. The van der Waals surface area contributed by atoms with Crippen LogP contribution in [0.4, 0.5) is 0 Å². The standard InChI is InChI=1S/C10H20N2O2/c1-8-4-5-12(6-8)7-9(11-2)10(13)14-3/h8-9,11H,4-7H2,1-3H3. The fraction of sp³-hybridized carbons (Fsp3) is 0.900. The summed E-state index contributed by atoms with van der Waals surface area (Å²) in [6.45, 7) is 5.19. The molecule has 1 saturated heterocycles. The van der Waals surface area contributed by atoms with Crippen LogP contribution in [0.25, 0.3) is 0 Å². The Morgan fingerprint density at radius 1 is 1.71 bits per heavy atom. The van der Waals surface area contributed by atoms with Crippen LogP contribution < -0.4 is 5.32 Å². The first kappa shape index (κ1) is 11.5. The molecular weight excluding hydrogens is 180 g/mol. The van der Waals surface area contributed by atoms with Gasteiger partial charge in [-0.2, -0.15) is 0 Å². The normalized spacial score (nSPS) is 24.9. The number of ether oxygens (including phenoxy) is 1. The van der Waals surface area contributed by atoms with E-state index >= 15 is 0 Å². The van der Waals surface area contributed by atoms with Gasteiger partial charge in [0.25, 0.3) is 0 Å². The summed E-state index contributed by atoms with van der Waals surface area (Å²) in [5, 5.41) is 2.98.